The molecule has 0 saturated heterocycles. The van der Waals surface area contributed by atoms with Crippen molar-refractivity contribution in [1.29, 1.82) is 0 Å². The summed E-state index contributed by atoms with van der Waals surface area (Å²) in [7, 11) is 0. The van der Waals surface area contributed by atoms with Crippen molar-refractivity contribution in [2.45, 2.75) is 6.18 Å². The molecule has 0 amide bonds. The van der Waals surface area contributed by atoms with Crippen LogP contribution in [0.4, 0.5) is 19.0 Å². The van der Waals surface area contributed by atoms with Gasteiger partial charge >= 0.3 is 6.18 Å². The number of benzene rings is 1. The van der Waals surface area contributed by atoms with Gasteiger partial charge < -0.3 is 5.73 Å². The molecule has 7 heteroatoms. The summed E-state index contributed by atoms with van der Waals surface area (Å²) in [6, 6.07) is 6.29. The number of hydrogen-bond acceptors (Lipinski definition) is 3. The van der Waals surface area contributed by atoms with Gasteiger partial charge in [-0.1, -0.05) is 12.1 Å². The van der Waals surface area contributed by atoms with Crippen LogP contribution in [0.3, 0.4) is 0 Å². The smallest absolute Gasteiger partial charge is 0.381 e. The second-order valence-corrected chi connectivity index (χ2v) is 4.39. The molecule has 0 aliphatic heterocycles. The molecule has 0 saturated carbocycles. The first-order valence-corrected chi connectivity index (χ1v) is 5.63. The molecule has 94 valence electrons. The molecule has 0 aliphatic rings. The fourth-order valence-electron chi connectivity index (χ4n) is 1.35. The molecule has 0 unspecified atom stereocenters. The van der Waals surface area contributed by atoms with Gasteiger partial charge in [0.15, 0.2) is 5.82 Å². The Bertz CT molecular complexity index is 567. The van der Waals surface area contributed by atoms with Gasteiger partial charge in [0.25, 0.3) is 0 Å². The van der Waals surface area contributed by atoms with Gasteiger partial charge in [0.1, 0.15) is 0 Å². The van der Waals surface area contributed by atoms with Gasteiger partial charge in [-0.15, -0.1) is 10.2 Å². The van der Waals surface area contributed by atoms with Gasteiger partial charge in [-0.25, -0.2) is 0 Å². The topological polar surface area (TPSA) is 51.8 Å². The molecule has 0 fully saturated rings. The quantitative estimate of drug-likeness (QED) is 0.875. The van der Waals surface area contributed by atoms with Gasteiger partial charge in [0.05, 0.1) is 15.7 Å². The zero-order valence-electron chi connectivity index (χ0n) is 8.87. The zero-order valence-corrected chi connectivity index (χ0v) is 10.5. The van der Waals surface area contributed by atoms with E-state index in [9.17, 15) is 13.2 Å². The zero-order chi connectivity index (χ0) is 13.3. The van der Waals surface area contributed by atoms with E-state index < -0.39 is 11.7 Å². The molecule has 0 spiro atoms. The number of nitrogen functional groups attached to an aromatic ring is 1. The van der Waals surface area contributed by atoms with Crippen molar-refractivity contribution in [3.05, 3.63) is 40.4 Å². The summed E-state index contributed by atoms with van der Waals surface area (Å²) >= 11 is 3.18. The van der Waals surface area contributed by atoms with Gasteiger partial charge in [-0.05, 0) is 34.1 Å². The van der Waals surface area contributed by atoms with Crippen molar-refractivity contribution in [3.63, 3.8) is 0 Å². The first-order valence-electron chi connectivity index (χ1n) is 4.84. The van der Waals surface area contributed by atoms with Crippen LogP contribution >= 0.6 is 15.9 Å². The molecule has 0 aliphatic carbocycles. The van der Waals surface area contributed by atoms with Crippen LogP contribution in [0.25, 0.3) is 11.3 Å². The summed E-state index contributed by atoms with van der Waals surface area (Å²) < 4.78 is 37.7. The summed E-state index contributed by atoms with van der Waals surface area (Å²) in [6.45, 7) is 0. The standard InChI is InChI=1S/C11H7BrF3N3/c12-8-5-9(17-18-10(8)16)6-1-3-7(4-2-6)11(13,14)15/h1-5H,(H2,16,18). The van der Waals surface area contributed by atoms with Crippen LogP contribution in [-0.4, -0.2) is 10.2 Å². The maximum absolute atomic E-state index is 12.4. The van der Waals surface area contributed by atoms with E-state index in [0.29, 0.717) is 15.7 Å². The molecule has 0 radical (unpaired) electrons. The van der Waals surface area contributed by atoms with Gasteiger partial charge in [0.2, 0.25) is 0 Å². The average Bonchev–Trinajstić information content (AvgIpc) is 2.32. The van der Waals surface area contributed by atoms with E-state index >= 15 is 0 Å². The van der Waals surface area contributed by atoms with Crippen LogP contribution < -0.4 is 5.73 Å². The van der Waals surface area contributed by atoms with Crippen LogP contribution in [-0.2, 0) is 6.18 Å². The highest BCUT2D eigenvalue weighted by atomic mass is 79.9. The molecule has 1 aromatic heterocycles. The Balaban J connectivity index is 2.37. The Morgan fingerprint density at radius 2 is 1.67 bits per heavy atom. The maximum Gasteiger partial charge on any atom is 0.416 e. The van der Waals surface area contributed by atoms with Crippen molar-refractivity contribution in [2.75, 3.05) is 5.73 Å². The summed E-state index contributed by atoms with van der Waals surface area (Å²) in [5.41, 5.74) is 5.77. The van der Waals surface area contributed by atoms with Crippen molar-refractivity contribution in [1.82, 2.24) is 10.2 Å². The lowest BCUT2D eigenvalue weighted by Crippen LogP contribution is -2.04. The van der Waals surface area contributed by atoms with Crippen molar-refractivity contribution in [3.8, 4) is 11.3 Å². The van der Waals surface area contributed by atoms with E-state index in [1.54, 1.807) is 6.07 Å². The lowest BCUT2D eigenvalue weighted by Gasteiger charge is -2.07. The van der Waals surface area contributed by atoms with E-state index in [2.05, 4.69) is 26.1 Å². The molecule has 1 heterocycles. The van der Waals surface area contributed by atoms with Crippen LogP contribution in [0, 0.1) is 0 Å². The third kappa shape index (κ3) is 2.61. The van der Waals surface area contributed by atoms with E-state index in [1.807, 2.05) is 0 Å². The molecular weight excluding hydrogens is 311 g/mol. The van der Waals surface area contributed by atoms with Gasteiger partial charge in [-0.2, -0.15) is 13.2 Å². The molecular formula is C11H7BrF3N3. The van der Waals surface area contributed by atoms with Crippen molar-refractivity contribution in [2.24, 2.45) is 0 Å². The number of nitrogens with zero attached hydrogens (tertiary/aromatic N) is 2. The van der Waals surface area contributed by atoms with E-state index in [4.69, 9.17) is 5.73 Å². The molecule has 1 aromatic carbocycles. The molecule has 2 aromatic rings. The van der Waals surface area contributed by atoms with Crippen LogP contribution in [0.5, 0.6) is 0 Å². The summed E-state index contributed by atoms with van der Waals surface area (Å²) in [5.74, 6) is 0.227. The number of hydrogen-bond donors (Lipinski definition) is 1. The summed E-state index contributed by atoms with van der Waals surface area (Å²) in [4.78, 5) is 0. The Kier molecular flexibility index (Phi) is 3.25. The highest BCUT2D eigenvalue weighted by molar-refractivity contribution is 9.10. The van der Waals surface area contributed by atoms with Crippen LogP contribution in [0.2, 0.25) is 0 Å². The predicted molar refractivity (Wildman–Crippen MR) is 64.6 cm³/mol. The minimum absolute atomic E-state index is 0.227. The predicted octanol–water partition coefficient (Wildman–Crippen LogP) is 3.51. The molecule has 18 heavy (non-hydrogen) atoms. The Morgan fingerprint density at radius 3 is 2.17 bits per heavy atom. The molecule has 0 atom stereocenters. The second kappa shape index (κ2) is 4.56. The Morgan fingerprint density at radius 1 is 1.06 bits per heavy atom. The lowest BCUT2D eigenvalue weighted by atomic mass is 10.1. The summed E-state index contributed by atoms with van der Waals surface area (Å²) in [6.07, 6.45) is -4.34. The molecule has 2 N–H and O–H groups in total. The van der Waals surface area contributed by atoms with Crippen LogP contribution in [0.1, 0.15) is 5.56 Å². The lowest BCUT2D eigenvalue weighted by molar-refractivity contribution is -0.137. The van der Waals surface area contributed by atoms with Crippen LogP contribution in [0.15, 0.2) is 34.8 Å². The number of aromatic nitrogens is 2. The first kappa shape index (κ1) is 12.8. The van der Waals surface area contributed by atoms with Crippen molar-refractivity contribution >= 4 is 21.7 Å². The Labute approximate surface area is 109 Å². The molecule has 3 nitrogen and oxygen atoms in total. The average molecular weight is 318 g/mol. The maximum atomic E-state index is 12.4. The minimum atomic E-state index is -4.34. The third-order valence-corrected chi connectivity index (χ3v) is 2.92. The SMILES string of the molecule is Nc1nnc(-c2ccc(C(F)(F)F)cc2)cc1Br. The number of anilines is 1. The fraction of sp³-hybridized carbons (Fsp3) is 0.0909. The summed E-state index contributed by atoms with van der Waals surface area (Å²) in [5, 5.41) is 7.50. The molecule has 2 rings (SSSR count). The highest BCUT2D eigenvalue weighted by Crippen LogP contribution is 2.31. The number of rotatable bonds is 1. The number of halogens is 4. The van der Waals surface area contributed by atoms with E-state index in [0.717, 1.165) is 12.1 Å². The number of nitrogens with two attached hydrogens (primary N) is 1. The first-order chi connectivity index (χ1) is 8.38. The normalized spacial score (nSPS) is 11.6. The van der Waals surface area contributed by atoms with E-state index in [-0.39, 0.29) is 5.82 Å². The van der Waals surface area contributed by atoms with E-state index in [1.165, 1.54) is 12.1 Å². The van der Waals surface area contributed by atoms with Gasteiger partial charge in [0, 0.05) is 5.56 Å². The highest BCUT2D eigenvalue weighted by Gasteiger charge is 2.30. The third-order valence-electron chi connectivity index (χ3n) is 2.28. The minimum Gasteiger partial charge on any atom is -0.381 e. The fourth-order valence-corrected chi connectivity index (χ4v) is 1.65. The molecule has 0 bridgehead atoms. The largest absolute Gasteiger partial charge is 0.416 e. The number of alkyl halides is 3. The Hall–Kier alpha value is -1.63. The second-order valence-electron chi connectivity index (χ2n) is 3.54. The van der Waals surface area contributed by atoms with Crippen molar-refractivity contribution < 1.29 is 13.2 Å². The van der Waals surface area contributed by atoms with Gasteiger partial charge in [-0.3, -0.25) is 0 Å². The monoisotopic (exact) mass is 317 g/mol.